The number of hydrogen-bond acceptors (Lipinski definition) is 3. The molecule has 0 rings (SSSR count). The van der Waals surface area contributed by atoms with Gasteiger partial charge in [-0.15, -0.1) is 0 Å². The van der Waals surface area contributed by atoms with E-state index in [9.17, 15) is 13.2 Å². The highest BCUT2D eigenvalue weighted by Crippen LogP contribution is 2.14. The van der Waals surface area contributed by atoms with Gasteiger partial charge in [-0.1, -0.05) is 0 Å². The van der Waals surface area contributed by atoms with Gasteiger partial charge in [0, 0.05) is 13.3 Å². The number of halogens is 3. The van der Waals surface area contributed by atoms with Crippen LogP contribution < -0.4 is 0 Å². The lowest BCUT2D eigenvalue weighted by Gasteiger charge is -2.09. The molecule has 1 unspecified atom stereocenters. The smallest absolute Gasteiger partial charge is 0.422 e. The number of ether oxygens (including phenoxy) is 2. The number of nitrogens with zero attached hydrogens (tertiary/aromatic N) is 2. The Morgan fingerprint density at radius 1 is 1.47 bits per heavy atom. The van der Waals surface area contributed by atoms with E-state index in [1.807, 2.05) is 0 Å². The largest absolute Gasteiger partial charge is 0.454 e. The molecular weight excluding hydrogens is 213 g/mol. The predicted octanol–water partition coefficient (Wildman–Crippen LogP) is 2.00. The van der Waals surface area contributed by atoms with Crippen LogP contribution in [-0.2, 0) is 9.47 Å². The molecule has 0 fully saturated rings. The topological polar surface area (TPSA) is 43.2 Å². The third kappa shape index (κ3) is 7.92. The Hall–Kier alpha value is -1.11. The van der Waals surface area contributed by atoms with E-state index in [-0.39, 0.29) is 6.02 Å². The summed E-state index contributed by atoms with van der Waals surface area (Å²) < 4.78 is 44.5. The first-order valence-corrected chi connectivity index (χ1v) is 4.18. The van der Waals surface area contributed by atoms with E-state index in [1.165, 1.54) is 13.3 Å². The van der Waals surface area contributed by atoms with Crippen LogP contribution in [0, 0.1) is 0 Å². The first-order chi connectivity index (χ1) is 6.89. The minimum Gasteiger partial charge on any atom is -0.454 e. The highest BCUT2D eigenvalue weighted by molar-refractivity contribution is 5.82. The lowest BCUT2D eigenvalue weighted by atomic mass is 10.7. The van der Waals surface area contributed by atoms with Crippen molar-refractivity contribution >= 4 is 12.2 Å². The molecule has 88 valence electrons. The van der Waals surface area contributed by atoms with Crippen molar-refractivity contribution in [3.63, 3.8) is 0 Å². The average Bonchev–Trinajstić information content (AvgIpc) is 2.13. The quantitative estimate of drug-likeness (QED) is 0.545. The molecule has 0 spiro atoms. The highest BCUT2D eigenvalue weighted by Gasteiger charge is 2.29. The van der Waals surface area contributed by atoms with Gasteiger partial charge in [0.15, 0.2) is 12.8 Å². The SMILES string of the molecule is CC=NC(=NC(C)OC)OCC(F)(F)F. The van der Waals surface area contributed by atoms with Gasteiger partial charge in [0.05, 0.1) is 0 Å². The van der Waals surface area contributed by atoms with Gasteiger partial charge in [-0.05, 0) is 13.8 Å². The first-order valence-electron chi connectivity index (χ1n) is 4.18. The maximum absolute atomic E-state index is 11.8. The zero-order valence-corrected chi connectivity index (χ0v) is 8.71. The van der Waals surface area contributed by atoms with Crippen LogP contribution in [0.5, 0.6) is 0 Å². The van der Waals surface area contributed by atoms with Crippen molar-refractivity contribution in [3.8, 4) is 0 Å². The number of rotatable bonds is 3. The molecular formula is C8H13F3N2O2. The van der Waals surface area contributed by atoms with Gasteiger partial charge in [-0.2, -0.15) is 13.2 Å². The van der Waals surface area contributed by atoms with Gasteiger partial charge in [0.1, 0.15) is 0 Å². The van der Waals surface area contributed by atoms with Crippen molar-refractivity contribution < 1.29 is 22.6 Å². The number of alkyl halides is 3. The molecule has 0 saturated heterocycles. The third-order valence-corrected chi connectivity index (χ3v) is 1.24. The predicted molar refractivity (Wildman–Crippen MR) is 50.1 cm³/mol. The molecule has 0 aromatic heterocycles. The fraction of sp³-hybridized carbons (Fsp3) is 0.750. The Kier molecular flexibility index (Phi) is 5.92. The Labute approximate surface area is 85.8 Å². The van der Waals surface area contributed by atoms with E-state index in [4.69, 9.17) is 4.74 Å². The van der Waals surface area contributed by atoms with Crippen LogP contribution in [0.25, 0.3) is 0 Å². The van der Waals surface area contributed by atoms with Gasteiger partial charge in [0.2, 0.25) is 0 Å². The fourth-order valence-electron chi connectivity index (χ4n) is 0.573. The molecule has 1 atom stereocenters. The Morgan fingerprint density at radius 3 is 2.47 bits per heavy atom. The van der Waals surface area contributed by atoms with Crippen molar-refractivity contribution in [2.45, 2.75) is 26.3 Å². The van der Waals surface area contributed by atoms with E-state index in [2.05, 4.69) is 14.7 Å². The second kappa shape index (κ2) is 6.39. The Morgan fingerprint density at radius 2 is 2.07 bits per heavy atom. The molecule has 0 aromatic carbocycles. The lowest BCUT2D eigenvalue weighted by molar-refractivity contribution is -0.156. The Balaban J connectivity index is 4.35. The standard InChI is InChI=1S/C8H13F3N2O2/c1-4-12-7(13-6(2)14-3)15-5-8(9,10)11/h4,6H,5H2,1-3H3. The summed E-state index contributed by atoms with van der Waals surface area (Å²) in [4.78, 5) is 7.20. The maximum atomic E-state index is 11.8. The van der Waals surface area contributed by atoms with Gasteiger partial charge >= 0.3 is 12.2 Å². The number of methoxy groups -OCH3 is 1. The highest BCUT2D eigenvalue weighted by atomic mass is 19.4. The van der Waals surface area contributed by atoms with Gasteiger partial charge < -0.3 is 9.47 Å². The number of aliphatic imine (C=N–C) groups is 2. The van der Waals surface area contributed by atoms with Crippen molar-refractivity contribution in [3.05, 3.63) is 0 Å². The lowest BCUT2D eigenvalue weighted by Crippen LogP contribution is -2.20. The van der Waals surface area contributed by atoms with Crippen LogP contribution in [0.15, 0.2) is 9.98 Å². The van der Waals surface area contributed by atoms with Crippen LogP contribution in [0.1, 0.15) is 13.8 Å². The van der Waals surface area contributed by atoms with Crippen LogP contribution in [0.3, 0.4) is 0 Å². The van der Waals surface area contributed by atoms with Crippen molar-refractivity contribution in [1.29, 1.82) is 0 Å². The molecule has 7 heteroatoms. The molecule has 0 radical (unpaired) electrons. The third-order valence-electron chi connectivity index (χ3n) is 1.24. The average molecular weight is 226 g/mol. The zero-order chi connectivity index (χ0) is 11.9. The second-order valence-corrected chi connectivity index (χ2v) is 2.54. The van der Waals surface area contributed by atoms with E-state index in [0.29, 0.717) is 0 Å². The normalized spacial score (nSPS) is 15.7. The monoisotopic (exact) mass is 226 g/mol. The summed E-state index contributed by atoms with van der Waals surface area (Å²) in [5.74, 6) is 0. The first kappa shape index (κ1) is 13.9. The minimum atomic E-state index is -4.40. The molecule has 4 nitrogen and oxygen atoms in total. The molecule has 0 aliphatic carbocycles. The van der Waals surface area contributed by atoms with Gasteiger partial charge in [0.25, 0.3) is 0 Å². The molecule has 0 amide bonds. The van der Waals surface area contributed by atoms with Crippen molar-refractivity contribution in [2.75, 3.05) is 13.7 Å². The summed E-state index contributed by atoms with van der Waals surface area (Å²) in [5, 5.41) is 0. The van der Waals surface area contributed by atoms with E-state index < -0.39 is 19.0 Å². The number of hydrogen-bond donors (Lipinski definition) is 0. The second-order valence-electron chi connectivity index (χ2n) is 2.54. The van der Waals surface area contributed by atoms with Crippen LogP contribution in [0.4, 0.5) is 13.2 Å². The summed E-state index contributed by atoms with van der Waals surface area (Å²) in [6.07, 6.45) is -3.71. The summed E-state index contributed by atoms with van der Waals surface area (Å²) in [6.45, 7) is 1.69. The van der Waals surface area contributed by atoms with E-state index in [0.717, 1.165) is 0 Å². The van der Waals surface area contributed by atoms with Crippen LogP contribution in [0.2, 0.25) is 0 Å². The van der Waals surface area contributed by atoms with Crippen LogP contribution >= 0.6 is 0 Å². The van der Waals surface area contributed by atoms with Crippen molar-refractivity contribution in [1.82, 2.24) is 0 Å². The van der Waals surface area contributed by atoms with Crippen LogP contribution in [-0.4, -0.2) is 38.4 Å². The maximum Gasteiger partial charge on any atom is 0.422 e. The fourth-order valence-corrected chi connectivity index (χ4v) is 0.573. The van der Waals surface area contributed by atoms with Gasteiger partial charge in [-0.25, -0.2) is 9.98 Å². The molecule has 0 aromatic rings. The minimum absolute atomic E-state index is 0.343. The summed E-state index contributed by atoms with van der Waals surface area (Å²) >= 11 is 0. The summed E-state index contributed by atoms with van der Waals surface area (Å²) in [6, 6.07) is -0.343. The molecule has 0 saturated carbocycles. The van der Waals surface area contributed by atoms with E-state index >= 15 is 0 Å². The Bertz CT molecular complexity index is 239. The van der Waals surface area contributed by atoms with E-state index in [1.54, 1.807) is 13.8 Å². The molecule has 0 aliphatic heterocycles. The number of amidine groups is 1. The molecule has 0 bridgehead atoms. The van der Waals surface area contributed by atoms with Gasteiger partial charge in [-0.3, -0.25) is 0 Å². The molecule has 15 heavy (non-hydrogen) atoms. The zero-order valence-electron chi connectivity index (χ0n) is 8.71. The summed E-state index contributed by atoms with van der Waals surface area (Å²) in [5.41, 5.74) is 0. The molecule has 0 aliphatic rings. The summed E-state index contributed by atoms with van der Waals surface area (Å²) in [7, 11) is 1.38. The molecule has 0 N–H and O–H groups in total. The van der Waals surface area contributed by atoms with Crippen molar-refractivity contribution in [2.24, 2.45) is 9.98 Å². The molecule has 0 heterocycles.